The SMILES string of the molecule is COCCCCc1c(C(=O)N(CC(C)C)[C@@H]2CNC[C@H](C(=O)N3CCOCC3)C2)[nH]c(=O)n1-c1ccccc1. The predicted molar refractivity (Wildman–Crippen MR) is 149 cm³/mol. The van der Waals surface area contributed by atoms with E-state index in [9.17, 15) is 14.4 Å². The van der Waals surface area contributed by atoms with Crippen LogP contribution in [0.4, 0.5) is 0 Å². The van der Waals surface area contributed by atoms with Gasteiger partial charge in [0.25, 0.3) is 5.91 Å². The first-order valence-corrected chi connectivity index (χ1v) is 14.2. The molecule has 1 aromatic carbocycles. The molecule has 2 amide bonds. The standard InChI is InChI=1S/C29H43N5O5/c1-21(2)20-33(24-17-22(18-30-19-24)27(35)32-12-15-39-16-13-32)28(36)26-25(11-7-8-14-38-3)34(29(37)31-26)23-9-5-4-6-10-23/h4-6,9-10,21-22,24,30H,7-8,11-20H2,1-3H3,(H,31,37)/t22-,24+/m1/s1. The van der Waals surface area contributed by atoms with Gasteiger partial charge in [0.2, 0.25) is 5.91 Å². The molecule has 214 valence electrons. The Hall–Kier alpha value is -2.95. The van der Waals surface area contributed by atoms with Crippen molar-refractivity contribution in [3.63, 3.8) is 0 Å². The molecule has 2 aliphatic heterocycles. The molecular formula is C29H43N5O5. The lowest BCUT2D eigenvalue weighted by molar-refractivity contribution is -0.140. The van der Waals surface area contributed by atoms with Crippen LogP contribution in [0.3, 0.4) is 0 Å². The van der Waals surface area contributed by atoms with E-state index in [1.807, 2.05) is 40.1 Å². The number of benzene rings is 1. The molecule has 2 fully saturated rings. The number of morpholine rings is 1. The number of imidazole rings is 1. The molecule has 3 heterocycles. The number of hydrogen-bond acceptors (Lipinski definition) is 6. The summed E-state index contributed by atoms with van der Waals surface area (Å²) in [6.07, 6.45) is 2.76. The van der Waals surface area contributed by atoms with E-state index in [0.29, 0.717) is 76.8 Å². The van der Waals surface area contributed by atoms with Crippen molar-refractivity contribution in [3.05, 3.63) is 52.2 Å². The fourth-order valence-corrected chi connectivity index (χ4v) is 5.59. The number of unbranched alkanes of at least 4 members (excludes halogenated alkanes) is 1. The Morgan fingerprint density at radius 1 is 1.13 bits per heavy atom. The quantitative estimate of drug-likeness (QED) is 0.422. The van der Waals surface area contributed by atoms with Crippen molar-refractivity contribution in [3.8, 4) is 5.69 Å². The minimum absolute atomic E-state index is 0.120. The van der Waals surface area contributed by atoms with E-state index in [0.717, 1.165) is 18.5 Å². The van der Waals surface area contributed by atoms with Crippen LogP contribution in [0.5, 0.6) is 0 Å². The number of aromatic amines is 1. The Labute approximate surface area is 230 Å². The second-order valence-corrected chi connectivity index (χ2v) is 10.9. The summed E-state index contributed by atoms with van der Waals surface area (Å²) in [6.45, 7) is 8.86. The molecule has 0 radical (unpaired) electrons. The number of ether oxygens (including phenoxy) is 2. The minimum atomic E-state index is -0.321. The number of piperidine rings is 1. The lowest BCUT2D eigenvalue weighted by Gasteiger charge is -2.40. The summed E-state index contributed by atoms with van der Waals surface area (Å²) in [7, 11) is 1.67. The molecular weight excluding hydrogens is 498 g/mol. The van der Waals surface area contributed by atoms with Gasteiger partial charge >= 0.3 is 5.69 Å². The fourth-order valence-electron chi connectivity index (χ4n) is 5.59. The van der Waals surface area contributed by atoms with Gasteiger partial charge in [0, 0.05) is 52.5 Å². The van der Waals surface area contributed by atoms with E-state index in [4.69, 9.17) is 9.47 Å². The molecule has 0 aliphatic carbocycles. The van der Waals surface area contributed by atoms with E-state index in [-0.39, 0.29) is 35.4 Å². The predicted octanol–water partition coefficient (Wildman–Crippen LogP) is 2.07. The molecule has 0 saturated carbocycles. The zero-order valence-electron chi connectivity index (χ0n) is 23.5. The Balaban J connectivity index is 1.62. The maximum absolute atomic E-state index is 14.2. The molecule has 2 saturated heterocycles. The van der Waals surface area contributed by atoms with Crippen LogP contribution in [-0.2, 0) is 20.7 Å². The van der Waals surface area contributed by atoms with Crippen molar-refractivity contribution in [1.82, 2.24) is 24.7 Å². The van der Waals surface area contributed by atoms with E-state index in [1.54, 1.807) is 11.7 Å². The van der Waals surface area contributed by atoms with Crippen molar-refractivity contribution in [2.45, 2.75) is 45.6 Å². The third kappa shape index (κ3) is 7.17. The molecule has 0 bridgehead atoms. The van der Waals surface area contributed by atoms with Crippen LogP contribution in [0, 0.1) is 11.8 Å². The smallest absolute Gasteiger partial charge is 0.330 e. The number of nitrogens with zero attached hydrogens (tertiary/aromatic N) is 3. The van der Waals surface area contributed by atoms with Crippen LogP contribution >= 0.6 is 0 Å². The van der Waals surface area contributed by atoms with Crippen LogP contribution in [-0.4, -0.2) is 96.9 Å². The monoisotopic (exact) mass is 541 g/mol. The van der Waals surface area contributed by atoms with Gasteiger partial charge in [-0.15, -0.1) is 0 Å². The van der Waals surface area contributed by atoms with Gasteiger partial charge in [-0.25, -0.2) is 4.79 Å². The summed E-state index contributed by atoms with van der Waals surface area (Å²) in [5.41, 5.74) is 1.43. The van der Waals surface area contributed by atoms with Gasteiger partial charge < -0.3 is 29.6 Å². The average molecular weight is 542 g/mol. The molecule has 0 unspecified atom stereocenters. The molecule has 2 N–H and O–H groups in total. The van der Waals surface area contributed by atoms with E-state index in [1.165, 1.54) is 0 Å². The van der Waals surface area contributed by atoms with Crippen molar-refractivity contribution in [2.75, 3.05) is 59.7 Å². The molecule has 2 aliphatic rings. The number of carbonyl (C=O) groups is 2. The van der Waals surface area contributed by atoms with E-state index >= 15 is 0 Å². The summed E-state index contributed by atoms with van der Waals surface area (Å²) < 4.78 is 12.3. The second-order valence-electron chi connectivity index (χ2n) is 10.9. The van der Waals surface area contributed by atoms with Gasteiger partial charge in [-0.05, 0) is 43.7 Å². The highest BCUT2D eigenvalue weighted by Gasteiger charge is 2.37. The zero-order valence-corrected chi connectivity index (χ0v) is 23.5. The summed E-state index contributed by atoms with van der Waals surface area (Å²) in [6, 6.07) is 9.27. The third-order valence-electron chi connectivity index (χ3n) is 7.50. The van der Waals surface area contributed by atoms with Gasteiger partial charge in [-0.3, -0.25) is 14.2 Å². The number of nitrogens with one attached hydrogen (secondary N) is 2. The number of methoxy groups -OCH3 is 1. The second kappa shape index (κ2) is 13.9. The summed E-state index contributed by atoms with van der Waals surface area (Å²) in [5, 5.41) is 3.41. The largest absolute Gasteiger partial charge is 0.385 e. The Bertz CT molecular complexity index is 1140. The third-order valence-corrected chi connectivity index (χ3v) is 7.50. The Kier molecular flexibility index (Phi) is 10.4. The Morgan fingerprint density at radius 3 is 2.56 bits per heavy atom. The van der Waals surface area contributed by atoms with Crippen molar-refractivity contribution in [2.24, 2.45) is 11.8 Å². The number of hydrogen-bond donors (Lipinski definition) is 2. The lowest BCUT2D eigenvalue weighted by Crippen LogP contribution is -2.56. The van der Waals surface area contributed by atoms with Crippen LogP contribution < -0.4 is 11.0 Å². The number of H-pyrrole nitrogens is 1. The number of para-hydroxylation sites is 1. The van der Waals surface area contributed by atoms with Crippen LogP contribution in [0.15, 0.2) is 35.1 Å². The van der Waals surface area contributed by atoms with Gasteiger partial charge in [0.1, 0.15) is 5.69 Å². The van der Waals surface area contributed by atoms with Crippen molar-refractivity contribution < 1.29 is 19.1 Å². The lowest BCUT2D eigenvalue weighted by atomic mass is 9.92. The highest BCUT2D eigenvalue weighted by molar-refractivity contribution is 5.94. The molecule has 10 nitrogen and oxygen atoms in total. The normalized spacial score (nSPS) is 19.8. The van der Waals surface area contributed by atoms with E-state index in [2.05, 4.69) is 24.1 Å². The first-order valence-electron chi connectivity index (χ1n) is 14.2. The number of amides is 2. The summed E-state index contributed by atoms with van der Waals surface area (Å²) in [4.78, 5) is 47.4. The van der Waals surface area contributed by atoms with Crippen LogP contribution in [0.25, 0.3) is 5.69 Å². The highest BCUT2D eigenvalue weighted by atomic mass is 16.5. The highest BCUT2D eigenvalue weighted by Crippen LogP contribution is 2.24. The van der Waals surface area contributed by atoms with Crippen LogP contribution in [0.2, 0.25) is 0 Å². The molecule has 1 aromatic heterocycles. The molecule has 2 atom stereocenters. The van der Waals surface area contributed by atoms with Crippen LogP contribution in [0.1, 0.15) is 49.3 Å². The minimum Gasteiger partial charge on any atom is -0.385 e. The maximum atomic E-state index is 14.2. The fraction of sp³-hybridized carbons (Fsp3) is 0.621. The summed E-state index contributed by atoms with van der Waals surface area (Å²) in [5.74, 6) is -0.0541. The average Bonchev–Trinajstić information content (AvgIpc) is 3.29. The zero-order chi connectivity index (χ0) is 27.8. The number of aromatic nitrogens is 2. The molecule has 39 heavy (non-hydrogen) atoms. The number of carbonyl (C=O) groups excluding carboxylic acids is 2. The maximum Gasteiger partial charge on any atom is 0.330 e. The first-order chi connectivity index (χ1) is 18.9. The van der Waals surface area contributed by atoms with E-state index < -0.39 is 0 Å². The molecule has 0 spiro atoms. The van der Waals surface area contributed by atoms with Gasteiger partial charge in [-0.1, -0.05) is 32.0 Å². The van der Waals surface area contributed by atoms with Gasteiger partial charge in [0.15, 0.2) is 0 Å². The summed E-state index contributed by atoms with van der Waals surface area (Å²) >= 11 is 0. The molecule has 2 aromatic rings. The van der Waals surface area contributed by atoms with Crippen molar-refractivity contribution in [1.29, 1.82) is 0 Å². The first kappa shape index (κ1) is 29.0. The molecule has 4 rings (SSSR count). The van der Waals surface area contributed by atoms with Gasteiger partial charge in [-0.2, -0.15) is 0 Å². The molecule has 10 heteroatoms. The number of rotatable bonds is 11. The van der Waals surface area contributed by atoms with Gasteiger partial charge in [0.05, 0.1) is 30.5 Å². The Morgan fingerprint density at radius 2 is 1.87 bits per heavy atom. The van der Waals surface area contributed by atoms with Crippen molar-refractivity contribution >= 4 is 11.8 Å². The topological polar surface area (TPSA) is 109 Å².